The third-order valence-electron chi connectivity index (χ3n) is 17.7. The summed E-state index contributed by atoms with van der Waals surface area (Å²) in [6, 6.07) is 0. The van der Waals surface area contributed by atoms with Crippen molar-refractivity contribution in [3.63, 3.8) is 0 Å². The van der Waals surface area contributed by atoms with E-state index in [2.05, 4.69) is 55.4 Å². The van der Waals surface area contributed by atoms with Gasteiger partial charge in [-0.2, -0.15) is 0 Å². The molecule has 0 radical (unpaired) electrons. The normalized spacial score (nSPS) is 14.4. The molecule has 3 N–H and O–H groups in total. The van der Waals surface area contributed by atoms with Gasteiger partial charge in [0.1, 0.15) is 19.3 Å². The summed E-state index contributed by atoms with van der Waals surface area (Å²) in [5, 5.41) is 10.6. The van der Waals surface area contributed by atoms with E-state index in [-0.39, 0.29) is 25.7 Å². The zero-order valence-corrected chi connectivity index (χ0v) is 63.4. The number of carbonyl (C=O) groups excluding carboxylic acids is 4. The highest BCUT2D eigenvalue weighted by molar-refractivity contribution is 7.47. The molecule has 0 aromatic heterocycles. The molecule has 0 aliphatic carbocycles. The first-order chi connectivity index (χ1) is 45.1. The first-order valence-electron chi connectivity index (χ1n) is 38.7. The van der Waals surface area contributed by atoms with Crippen LogP contribution >= 0.6 is 15.6 Å². The van der Waals surface area contributed by atoms with Gasteiger partial charge in [0.2, 0.25) is 0 Å². The van der Waals surface area contributed by atoms with Gasteiger partial charge in [0.15, 0.2) is 12.2 Å². The van der Waals surface area contributed by atoms with Crippen LogP contribution in [0, 0.1) is 23.7 Å². The van der Waals surface area contributed by atoms with E-state index < -0.39 is 97.5 Å². The summed E-state index contributed by atoms with van der Waals surface area (Å²) < 4.78 is 68.4. The van der Waals surface area contributed by atoms with E-state index in [1.54, 1.807) is 0 Å². The summed E-state index contributed by atoms with van der Waals surface area (Å²) in [6.07, 6.45) is 48.8. The standard InChI is InChI=1S/C75H146O17P2/c1-9-68(8)54-46-38-29-22-18-14-10-11-15-19-23-30-39-47-55-72(77)85-61-70(91-74(79)57-49-41-32-24-20-16-12-13-17-21-27-35-43-51-65(2)3)63-89-93(81,82)87-59-69(76)60-88-94(83,84)90-64-71(92-75(80)58-50-42-34-33-37-45-53-67(6)7)62-86-73(78)56-48-40-31-26-25-28-36-44-52-66(4)5/h65-71,76H,9-64H2,1-8H3,(H,81,82)(H,83,84)/t68?,69?,70-,71-/m1/s1. The smallest absolute Gasteiger partial charge is 0.462 e. The molecule has 0 aromatic rings. The van der Waals surface area contributed by atoms with Crippen molar-refractivity contribution in [3.05, 3.63) is 0 Å². The Bertz CT molecular complexity index is 1850. The monoisotopic (exact) mass is 1380 g/mol. The first-order valence-corrected chi connectivity index (χ1v) is 41.7. The summed E-state index contributed by atoms with van der Waals surface area (Å²) in [5.41, 5.74) is 0. The van der Waals surface area contributed by atoms with Gasteiger partial charge in [-0.05, 0) is 49.4 Å². The van der Waals surface area contributed by atoms with Gasteiger partial charge in [0.25, 0.3) is 0 Å². The van der Waals surface area contributed by atoms with Crippen molar-refractivity contribution in [3.8, 4) is 0 Å². The van der Waals surface area contributed by atoms with Crippen LogP contribution in [-0.2, 0) is 65.4 Å². The largest absolute Gasteiger partial charge is 0.472 e. The molecule has 17 nitrogen and oxygen atoms in total. The minimum absolute atomic E-state index is 0.101. The number of carbonyl (C=O) groups is 4. The Balaban J connectivity index is 5.22. The van der Waals surface area contributed by atoms with Crippen molar-refractivity contribution in [2.75, 3.05) is 39.6 Å². The van der Waals surface area contributed by atoms with Gasteiger partial charge < -0.3 is 33.8 Å². The molecule has 558 valence electrons. The van der Waals surface area contributed by atoms with E-state index >= 15 is 0 Å². The number of aliphatic hydroxyl groups is 1. The summed E-state index contributed by atoms with van der Waals surface area (Å²) in [7, 11) is -9.91. The highest BCUT2D eigenvalue weighted by Crippen LogP contribution is 2.45. The topological polar surface area (TPSA) is 237 Å². The Labute approximate surface area is 575 Å². The molecule has 0 spiro atoms. The Kier molecular flexibility index (Phi) is 63.1. The van der Waals surface area contributed by atoms with Crippen molar-refractivity contribution < 1.29 is 80.2 Å². The molecule has 0 aliphatic heterocycles. The van der Waals surface area contributed by atoms with Crippen LogP contribution in [0.5, 0.6) is 0 Å². The van der Waals surface area contributed by atoms with Crippen molar-refractivity contribution in [1.82, 2.24) is 0 Å². The van der Waals surface area contributed by atoms with Crippen LogP contribution in [-0.4, -0.2) is 96.7 Å². The number of phosphoric ester groups is 2. The summed E-state index contributed by atoms with van der Waals surface area (Å²) in [4.78, 5) is 72.7. The molecule has 0 saturated carbocycles. The lowest BCUT2D eigenvalue weighted by atomic mass is 9.99. The molecule has 4 unspecified atom stereocenters. The van der Waals surface area contributed by atoms with E-state index in [0.717, 1.165) is 108 Å². The van der Waals surface area contributed by atoms with Gasteiger partial charge in [-0.3, -0.25) is 37.3 Å². The van der Waals surface area contributed by atoms with Crippen LogP contribution in [0.3, 0.4) is 0 Å². The third-order valence-corrected chi connectivity index (χ3v) is 19.6. The summed E-state index contributed by atoms with van der Waals surface area (Å²) >= 11 is 0. The number of phosphoric acid groups is 2. The van der Waals surface area contributed by atoms with E-state index in [1.165, 1.54) is 180 Å². The number of rotatable bonds is 72. The molecule has 0 bridgehead atoms. The van der Waals surface area contributed by atoms with Crippen molar-refractivity contribution in [2.45, 2.75) is 395 Å². The van der Waals surface area contributed by atoms with Crippen LogP contribution in [0.25, 0.3) is 0 Å². The molecule has 0 amide bonds. The van der Waals surface area contributed by atoms with E-state index in [4.69, 9.17) is 37.0 Å². The molecule has 0 aliphatic rings. The van der Waals surface area contributed by atoms with Crippen LogP contribution < -0.4 is 0 Å². The maximum absolute atomic E-state index is 13.1. The zero-order chi connectivity index (χ0) is 69.6. The molecule has 19 heteroatoms. The summed E-state index contributed by atoms with van der Waals surface area (Å²) in [5.74, 6) is 0.905. The second-order valence-corrected chi connectivity index (χ2v) is 31.6. The van der Waals surface area contributed by atoms with Gasteiger partial charge >= 0.3 is 39.5 Å². The molecule has 94 heavy (non-hydrogen) atoms. The second kappa shape index (κ2) is 64.4. The highest BCUT2D eigenvalue weighted by Gasteiger charge is 2.30. The number of unbranched alkanes of at least 4 members (excludes halogenated alkanes) is 37. The van der Waals surface area contributed by atoms with E-state index in [9.17, 15) is 43.2 Å². The lowest BCUT2D eigenvalue weighted by molar-refractivity contribution is -0.161. The van der Waals surface area contributed by atoms with Gasteiger partial charge in [-0.15, -0.1) is 0 Å². The molecule has 6 atom stereocenters. The zero-order valence-electron chi connectivity index (χ0n) is 61.6. The number of esters is 4. The highest BCUT2D eigenvalue weighted by atomic mass is 31.2. The Morgan fingerprint density at radius 3 is 0.755 bits per heavy atom. The Morgan fingerprint density at radius 1 is 0.298 bits per heavy atom. The number of ether oxygens (including phenoxy) is 4. The van der Waals surface area contributed by atoms with Crippen LogP contribution in [0.15, 0.2) is 0 Å². The SMILES string of the molecule is CCC(C)CCCCCCCCCCCCCCCCC(=O)OC[C@H](COP(=O)(O)OCC(O)COP(=O)(O)OC[C@@H](COC(=O)CCCCCCCCCCC(C)C)OC(=O)CCCCCCCCC(C)C)OC(=O)CCCCCCCCCCCCCCCC(C)C. The van der Waals surface area contributed by atoms with E-state index in [0.29, 0.717) is 31.6 Å². The van der Waals surface area contributed by atoms with Gasteiger partial charge in [0.05, 0.1) is 26.4 Å². The number of aliphatic hydroxyl groups excluding tert-OH is 1. The lowest BCUT2D eigenvalue weighted by Crippen LogP contribution is -2.30. The molecule has 0 heterocycles. The van der Waals surface area contributed by atoms with Gasteiger partial charge in [0, 0.05) is 25.7 Å². The van der Waals surface area contributed by atoms with Gasteiger partial charge in [-0.1, -0.05) is 325 Å². The minimum atomic E-state index is -4.96. The number of hydrogen-bond donors (Lipinski definition) is 3. The predicted molar refractivity (Wildman–Crippen MR) is 381 cm³/mol. The molecule has 0 saturated heterocycles. The Morgan fingerprint density at radius 2 is 0.511 bits per heavy atom. The van der Waals surface area contributed by atoms with Crippen molar-refractivity contribution in [2.24, 2.45) is 23.7 Å². The Hall–Kier alpha value is -1.94. The molecule has 0 fully saturated rings. The third kappa shape index (κ3) is 67.3. The maximum atomic E-state index is 13.1. The van der Waals surface area contributed by atoms with Gasteiger partial charge in [-0.25, -0.2) is 9.13 Å². The average Bonchev–Trinajstić information content (AvgIpc) is 1.95. The average molecular weight is 1380 g/mol. The van der Waals surface area contributed by atoms with Crippen LogP contribution in [0.2, 0.25) is 0 Å². The minimum Gasteiger partial charge on any atom is -0.462 e. The first kappa shape index (κ1) is 92.1. The maximum Gasteiger partial charge on any atom is 0.472 e. The fourth-order valence-corrected chi connectivity index (χ4v) is 12.9. The van der Waals surface area contributed by atoms with Crippen molar-refractivity contribution in [1.29, 1.82) is 0 Å². The second-order valence-electron chi connectivity index (χ2n) is 28.7. The van der Waals surface area contributed by atoms with Crippen LogP contribution in [0.1, 0.15) is 376 Å². The predicted octanol–water partition coefficient (Wildman–Crippen LogP) is 21.7. The summed E-state index contributed by atoms with van der Waals surface area (Å²) in [6.45, 7) is 14.1. The molecular weight excluding hydrogens is 1230 g/mol. The fourth-order valence-electron chi connectivity index (χ4n) is 11.3. The van der Waals surface area contributed by atoms with Crippen LogP contribution in [0.4, 0.5) is 0 Å². The number of hydrogen-bond acceptors (Lipinski definition) is 15. The lowest BCUT2D eigenvalue weighted by Gasteiger charge is -2.21. The quantitative estimate of drug-likeness (QED) is 0.0222. The molecular formula is C75H146O17P2. The molecule has 0 rings (SSSR count). The van der Waals surface area contributed by atoms with E-state index in [1.807, 2.05) is 0 Å². The molecule has 0 aromatic carbocycles. The van der Waals surface area contributed by atoms with Crippen molar-refractivity contribution >= 4 is 39.5 Å². The fraction of sp³-hybridized carbons (Fsp3) is 0.947.